The third-order valence-electron chi connectivity index (χ3n) is 4.52. The molecule has 1 fully saturated rings. The molecule has 0 heterocycles. The van der Waals surface area contributed by atoms with Crippen molar-refractivity contribution in [2.24, 2.45) is 5.92 Å². The molecule has 1 aromatic rings. The summed E-state index contributed by atoms with van der Waals surface area (Å²) in [7, 11) is 1.13. The van der Waals surface area contributed by atoms with Crippen molar-refractivity contribution < 1.29 is 23.0 Å². The number of hydrogen-bond acceptors (Lipinski definition) is 2. The second-order valence-electron chi connectivity index (χ2n) is 5.93. The summed E-state index contributed by atoms with van der Waals surface area (Å²) < 4.78 is 47.2. The van der Waals surface area contributed by atoms with Crippen molar-refractivity contribution in [1.29, 1.82) is 0 Å². The molecule has 1 aliphatic rings. The second kappa shape index (κ2) is 6.79. The molecule has 0 amide bonds. The van der Waals surface area contributed by atoms with Gasteiger partial charge in [-0.05, 0) is 47.5 Å². The van der Waals surface area contributed by atoms with Crippen molar-refractivity contribution in [1.82, 2.24) is 0 Å². The van der Waals surface area contributed by atoms with Crippen LogP contribution in [0.15, 0.2) is 4.47 Å². The molecular formula is C16H20BrF3O2. The highest BCUT2D eigenvalue weighted by molar-refractivity contribution is 9.10. The van der Waals surface area contributed by atoms with Gasteiger partial charge in [0, 0.05) is 0 Å². The molecule has 1 N–H and O–H groups in total. The highest BCUT2D eigenvalue weighted by Gasteiger charge is 2.41. The lowest BCUT2D eigenvalue weighted by atomic mass is 9.73. The lowest BCUT2D eigenvalue weighted by molar-refractivity contribution is -0.0218. The first-order valence-corrected chi connectivity index (χ1v) is 8.27. The summed E-state index contributed by atoms with van der Waals surface area (Å²) in [5.41, 5.74) is -2.26. The zero-order valence-electron chi connectivity index (χ0n) is 12.7. The Morgan fingerprint density at radius 1 is 1.18 bits per heavy atom. The largest absolute Gasteiger partial charge is 0.492 e. The Kier molecular flexibility index (Phi) is 5.43. The van der Waals surface area contributed by atoms with Gasteiger partial charge in [0.25, 0.3) is 0 Å². The van der Waals surface area contributed by atoms with Crippen LogP contribution in [-0.2, 0) is 5.60 Å². The van der Waals surface area contributed by atoms with Gasteiger partial charge in [-0.15, -0.1) is 0 Å². The maximum atomic E-state index is 14.5. The Morgan fingerprint density at radius 2 is 1.77 bits per heavy atom. The molecule has 0 radical (unpaired) electrons. The van der Waals surface area contributed by atoms with Crippen molar-refractivity contribution in [3.05, 3.63) is 27.5 Å². The zero-order valence-corrected chi connectivity index (χ0v) is 14.3. The summed E-state index contributed by atoms with van der Waals surface area (Å²) in [6, 6.07) is 0. The molecule has 0 spiro atoms. The summed E-state index contributed by atoms with van der Waals surface area (Å²) in [5.74, 6) is -3.72. The molecule has 1 aliphatic carbocycles. The minimum absolute atomic E-state index is 0.226. The number of benzene rings is 1. The van der Waals surface area contributed by atoms with Crippen LogP contribution in [0.5, 0.6) is 5.75 Å². The zero-order chi connectivity index (χ0) is 16.5. The fourth-order valence-electron chi connectivity index (χ4n) is 3.30. The minimum atomic E-state index is -1.67. The molecule has 0 atom stereocenters. The highest BCUT2D eigenvalue weighted by Crippen LogP contribution is 2.46. The third-order valence-corrected chi connectivity index (χ3v) is 5.23. The SMILES string of the molecule is CCCC1CCC(O)(c2c(F)c(F)c(OC)c(Br)c2F)CC1. The molecule has 0 bridgehead atoms. The fraction of sp³-hybridized carbons (Fsp3) is 0.625. The van der Waals surface area contributed by atoms with Crippen molar-refractivity contribution in [3.8, 4) is 5.75 Å². The Bertz CT molecular complexity index is 526. The number of ether oxygens (including phenoxy) is 1. The Morgan fingerprint density at radius 3 is 2.27 bits per heavy atom. The van der Waals surface area contributed by atoms with E-state index < -0.39 is 34.4 Å². The van der Waals surface area contributed by atoms with Crippen LogP contribution in [0.25, 0.3) is 0 Å². The standard InChI is InChI=1S/C16H20BrF3O2/c1-3-4-9-5-7-16(21,8-6-9)10-12(18)11(17)15(22-2)14(20)13(10)19/h9,21H,3-8H2,1-2H3. The molecule has 1 aromatic carbocycles. The molecule has 2 rings (SSSR count). The number of methoxy groups -OCH3 is 1. The van der Waals surface area contributed by atoms with Gasteiger partial charge in [-0.25, -0.2) is 8.78 Å². The summed E-state index contributed by atoms with van der Waals surface area (Å²) in [5, 5.41) is 10.7. The van der Waals surface area contributed by atoms with E-state index in [1.807, 2.05) is 0 Å². The second-order valence-corrected chi connectivity index (χ2v) is 6.72. The van der Waals surface area contributed by atoms with E-state index in [0.29, 0.717) is 18.8 Å². The van der Waals surface area contributed by atoms with Crippen LogP contribution >= 0.6 is 15.9 Å². The summed E-state index contributed by atoms with van der Waals surface area (Å²) >= 11 is 2.89. The van der Waals surface area contributed by atoms with Gasteiger partial charge in [0.05, 0.1) is 22.7 Å². The van der Waals surface area contributed by atoms with E-state index in [0.717, 1.165) is 20.0 Å². The monoisotopic (exact) mass is 380 g/mol. The van der Waals surface area contributed by atoms with Gasteiger partial charge in [-0.3, -0.25) is 0 Å². The number of aliphatic hydroxyl groups is 1. The third kappa shape index (κ3) is 3.00. The molecule has 0 aliphatic heterocycles. The van der Waals surface area contributed by atoms with Crippen LogP contribution in [-0.4, -0.2) is 12.2 Å². The van der Waals surface area contributed by atoms with Crippen LogP contribution in [0, 0.1) is 23.4 Å². The van der Waals surface area contributed by atoms with E-state index in [1.54, 1.807) is 0 Å². The molecule has 124 valence electrons. The van der Waals surface area contributed by atoms with Crippen LogP contribution in [0.4, 0.5) is 13.2 Å². The van der Waals surface area contributed by atoms with Crippen molar-refractivity contribution in [3.63, 3.8) is 0 Å². The molecule has 0 unspecified atom stereocenters. The van der Waals surface area contributed by atoms with Gasteiger partial charge in [0.1, 0.15) is 5.82 Å². The maximum absolute atomic E-state index is 14.5. The van der Waals surface area contributed by atoms with Crippen LogP contribution in [0.1, 0.15) is 51.0 Å². The predicted molar refractivity (Wildman–Crippen MR) is 81.3 cm³/mol. The highest BCUT2D eigenvalue weighted by atomic mass is 79.9. The normalized spacial score (nSPS) is 25.3. The summed E-state index contributed by atoms with van der Waals surface area (Å²) in [6.07, 6.45) is 3.87. The molecule has 2 nitrogen and oxygen atoms in total. The van der Waals surface area contributed by atoms with Gasteiger partial charge >= 0.3 is 0 Å². The van der Waals surface area contributed by atoms with Gasteiger partial charge < -0.3 is 9.84 Å². The number of hydrogen-bond donors (Lipinski definition) is 1. The van der Waals surface area contributed by atoms with Crippen LogP contribution in [0.2, 0.25) is 0 Å². The Balaban J connectivity index is 2.41. The molecular weight excluding hydrogens is 361 g/mol. The first-order valence-electron chi connectivity index (χ1n) is 7.48. The topological polar surface area (TPSA) is 29.5 Å². The molecule has 0 aromatic heterocycles. The minimum Gasteiger partial charge on any atom is -0.492 e. The molecule has 1 saturated carbocycles. The van der Waals surface area contributed by atoms with Gasteiger partial charge in [0.2, 0.25) is 5.82 Å². The van der Waals surface area contributed by atoms with Crippen molar-refractivity contribution >= 4 is 15.9 Å². The van der Waals surface area contributed by atoms with E-state index in [1.165, 1.54) is 0 Å². The van der Waals surface area contributed by atoms with Crippen molar-refractivity contribution in [2.75, 3.05) is 7.11 Å². The first kappa shape index (κ1) is 17.6. The quantitative estimate of drug-likeness (QED) is 0.740. The number of rotatable bonds is 4. The Hall–Kier alpha value is -0.750. The van der Waals surface area contributed by atoms with E-state index in [9.17, 15) is 18.3 Å². The van der Waals surface area contributed by atoms with Crippen LogP contribution < -0.4 is 4.74 Å². The lowest BCUT2D eigenvalue weighted by Crippen LogP contribution is -2.34. The predicted octanol–water partition coefficient (Wildman–Crippen LogP) is 5.05. The van der Waals surface area contributed by atoms with E-state index in [4.69, 9.17) is 0 Å². The van der Waals surface area contributed by atoms with Gasteiger partial charge in [-0.2, -0.15) is 4.39 Å². The van der Waals surface area contributed by atoms with Gasteiger partial charge in [0.15, 0.2) is 11.6 Å². The lowest BCUT2D eigenvalue weighted by Gasteiger charge is -2.37. The van der Waals surface area contributed by atoms with Crippen LogP contribution in [0.3, 0.4) is 0 Å². The summed E-state index contributed by atoms with van der Waals surface area (Å²) in [4.78, 5) is 0. The fourth-order valence-corrected chi connectivity index (χ4v) is 3.84. The van der Waals surface area contributed by atoms with Gasteiger partial charge in [-0.1, -0.05) is 19.8 Å². The van der Waals surface area contributed by atoms with E-state index >= 15 is 0 Å². The first-order chi connectivity index (χ1) is 10.4. The average Bonchev–Trinajstić information content (AvgIpc) is 2.49. The molecule has 0 saturated heterocycles. The maximum Gasteiger partial charge on any atom is 0.202 e. The van der Waals surface area contributed by atoms with E-state index in [2.05, 4.69) is 27.6 Å². The Labute approximate surface area is 136 Å². The van der Waals surface area contributed by atoms with E-state index in [-0.39, 0.29) is 17.3 Å². The average molecular weight is 381 g/mol. The van der Waals surface area contributed by atoms with Crippen molar-refractivity contribution in [2.45, 2.75) is 51.0 Å². The molecule has 22 heavy (non-hydrogen) atoms. The smallest absolute Gasteiger partial charge is 0.202 e. The summed E-state index contributed by atoms with van der Waals surface area (Å²) in [6.45, 7) is 2.08. The molecule has 6 heteroatoms. The number of halogens is 4.